The maximum atomic E-state index is 11.6. The average molecular weight is 309 g/mol. The molecule has 21 heavy (non-hydrogen) atoms. The second-order valence-electron chi connectivity index (χ2n) is 5.26. The van der Waals surface area contributed by atoms with Crippen LogP contribution >= 0.6 is 11.6 Å². The summed E-state index contributed by atoms with van der Waals surface area (Å²) in [7, 11) is 0. The molecule has 0 aromatic carbocycles. The van der Waals surface area contributed by atoms with Crippen molar-refractivity contribution in [1.82, 2.24) is 4.98 Å². The van der Waals surface area contributed by atoms with E-state index in [0.717, 1.165) is 16.8 Å². The Balaban J connectivity index is 2.23. The van der Waals surface area contributed by atoms with Gasteiger partial charge in [-0.3, -0.25) is 0 Å². The average Bonchev–Trinajstić information content (AvgIpc) is 2.91. The third-order valence-electron chi connectivity index (χ3n) is 3.63. The van der Waals surface area contributed by atoms with E-state index in [-0.39, 0.29) is 5.97 Å². The Hall–Kier alpha value is -1.55. The molecule has 1 N–H and O–H groups in total. The van der Waals surface area contributed by atoms with Crippen molar-refractivity contribution in [3.63, 3.8) is 0 Å². The number of hydrogen-bond donors (Lipinski definition) is 1. The minimum atomic E-state index is -0.336. The van der Waals surface area contributed by atoms with Crippen LogP contribution in [0.4, 0.5) is 5.69 Å². The van der Waals surface area contributed by atoms with Crippen molar-refractivity contribution in [2.24, 2.45) is 0 Å². The van der Waals surface area contributed by atoms with Crippen LogP contribution in [0.5, 0.6) is 0 Å². The number of nitrogens with one attached hydrogen (secondary N) is 1. The fourth-order valence-electron chi connectivity index (χ4n) is 2.59. The number of hydrogen-bond acceptors (Lipinski definition) is 4. The Kier molecular flexibility index (Phi) is 5.62. The van der Waals surface area contributed by atoms with E-state index in [4.69, 9.17) is 16.3 Å². The molecule has 0 unspecified atom stereocenters. The van der Waals surface area contributed by atoms with Gasteiger partial charge in [-0.15, -0.1) is 0 Å². The van der Waals surface area contributed by atoms with Crippen LogP contribution in [0.1, 0.15) is 45.1 Å². The van der Waals surface area contributed by atoms with Gasteiger partial charge in [0.25, 0.3) is 0 Å². The quantitative estimate of drug-likeness (QED) is 0.506. The van der Waals surface area contributed by atoms with E-state index in [1.807, 2.05) is 13.0 Å². The van der Waals surface area contributed by atoms with Crippen LogP contribution in [0.15, 0.2) is 18.3 Å². The van der Waals surface area contributed by atoms with Gasteiger partial charge in [-0.05, 0) is 38.3 Å². The molecule has 0 saturated heterocycles. The van der Waals surface area contributed by atoms with Gasteiger partial charge in [0.1, 0.15) is 5.15 Å². The van der Waals surface area contributed by atoms with E-state index < -0.39 is 0 Å². The Bertz CT molecular complexity index is 537. The normalized spacial score (nSPS) is 16.0. The second kappa shape index (κ2) is 7.46. The van der Waals surface area contributed by atoms with Crippen LogP contribution < -0.4 is 5.32 Å². The number of pyridine rings is 1. The lowest BCUT2D eigenvalue weighted by Gasteiger charge is -2.17. The van der Waals surface area contributed by atoms with E-state index in [9.17, 15) is 4.79 Å². The predicted octanol–water partition coefficient (Wildman–Crippen LogP) is 4.06. The zero-order valence-electron chi connectivity index (χ0n) is 12.5. The molecule has 114 valence electrons. The third-order valence-corrected chi connectivity index (χ3v) is 3.84. The summed E-state index contributed by atoms with van der Waals surface area (Å²) in [6.45, 7) is 4.04. The van der Waals surface area contributed by atoms with Crippen molar-refractivity contribution in [3.05, 3.63) is 29.1 Å². The monoisotopic (exact) mass is 308 g/mol. The minimum Gasteiger partial charge on any atom is -0.463 e. The van der Waals surface area contributed by atoms with Crippen molar-refractivity contribution in [2.45, 2.75) is 45.6 Å². The number of carbonyl (C=O) groups excluding carboxylic acids is 1. The van der Waals surface area contributed by atoms with E-state index in [2.05, 4.69) is 10.3 Å². The van der Waals surface area contributed by atoms with Crippen LogP contribution in [-0.4, -0.2) is 23.6 Å². The Morgan fingerprint density at radius 3 is 2.90 bits per heavy atom. The summed E-state index contributed by atoms with van der Waals surface area (Å²) in [6.07, 6.45) is 8.03. The first kappa shape index (κ1) is 15.8. The molecule has 1 heterocycles. The molecule has 0 radical (unpaired) electrons. The van der Waals surface area contributed by atoms with E-state index in [1.165, 1.54) is 31.8 Å². The van der Waals surface area contributed by atoms with Crippen LogP contribution in [0.25, 0.3) is 5.57 Å². The predicted molar refractivity (Wildman–Crippen MR) is 85.4 cm³/mol. The summed E-state index contributed by atoms with van der Waals surface area (Å²) in [5.74, 6) is -0.336. The fourth-order valence-corrected chi connectivity index (χ4v) is 2.75. The molecular weight excluding hydrogens is 288 g/mol. The van der Waals surface area contributed by atoms with Crippen molar-refractivity contribution in [1.29, 1.82) is 0 Å². The molecule has 5 heteroatoms. The van der Waals surface area contributed by atoms with Gasteiger partial charge in [-0.25, -0.2) is 9.78 Å². The molecule has 0 aliphatic heterocycles. The summed E-state index contributed by atoms with van der Waals surface area (Å²) >= 11 is 6.00. The molecule has 0 amide bonds. The molecule has 0 atom stereocenters. The van der Waals surface area contributed by atoms with Crippen LogP contribution in [-0.2, 0) is 9.53 Å². The zero-order chi connectivity index (χ0) is 15.2. The molecule has 2 rings (SSSR count). The van der Waals surface area contributed by atoms with Crippen molar-refractivity contribution in [2.75, 3.05) is 11.9 Å². The number of ether oxygens (including phenoxy) is 1. The SMILES string of the molecule is CCOC(=O)/C=C(\C)c1cnc(Cl)cc1NC1CCCC1. The summed E-state index contributed by atoms with van der Waals surface area (Å²) in [5, 5.41) is 3.97. The van der Waals surface area contributed by atoms with Crippen molar-refractivity contribution < 1.29 is 9.53 Å². The van der Waals surface area contributed by atoms with E-state index in [1.54, 1.807) is 13.1 Å². The number of aromatic nitrogens is 1. The first-order valence-electron chi connectivity index (χ1n) is 7.37. The molecule has 0 spiro atoms. The van der Waals surface area contributed by atoms with Gasteiger partial charge >= 0.3 is 5.97 Å². The topological polar surface area (TPSA) is 51.2 Å². The number of carbonyl (C=O) groups is 1. The molecule has 0 bridgehead atoms. The fraction of sp³-hybridized carbons (Fsp3) is 0.500. The Morgan fingerprint density at radius 2 is 2.24 bits per heavy atom. The van der Waals surface area contributed by atoms with Crippen LogP contribution in [0, 0.1) is 0 Å². The van der Waals surface area contributed by atoms with Gasteiger partial charge < -0.3 is 10.1 Å². The highest BCUT2D eigenvalue weighted by atomic mass is 35.5. The van der Waals surface area contributed by atoms with Gasteiger partial charge in [0.05, 0.1) is 6.61 Å². The molecule has 1 aliphatic rings. The highest BCUT2D eigenvalue weighted by Gasteiger charge is 2.17. The first-order chi connectivity index (χ1) is 10.1. The number of halogens is 1. The number of rotatable bonds is 5. The lowest BCUT2D eigenvalue weighted by molar-refractivity contribution is -0.137. The van der Waals surface area contributed by atoms with Crippen molar-refractivity contribution >= 4 is 28.8 Å². The van der Waals surface area contributed by atoms with Gasteiger partial charge in [-0.2, -0.15) is 0 Å². The number of esters is 1. The lowest BCUT2D eigenvalue weighted by Crippen LogP contribution is -2.15. The highest BCUT2D eigenvalue weighted by molar-refractivity contribution is 6.29. The third kappa shape index (κ3) is 4.46. The molecule has 4 nitrogen and oxygen atoms in total. The summed E-state index contributed by atoms with van der Waals surface area (Å²) in [4.78, 5) is 15.7. The molecule has 1 saturated carbocycles. The smallest absolute Gasteiger partial charge is 0.331 e. The second-order valence-corrected chi connectivity index (χ2v) is 5.64. The molecule has 1 aromatic rings. The summed E-state index contributed by atoms with van der Waals surface area (Å²) in [5.41, 5.74) is 2.64. The van der Waals surface area contributed by atoms with Gasteiger partial charge in [0, 0.05) is 29.6 Å². The minimum absolute atomic E-state index is 0.336. The number of anilines is 1. The molecule has 1 fully saturated rings. The van der Waals surface area contributed by atoms with Crippen molar-refractivity contribution in [3.8, 4) is 0 Å². The Morgan fingerprint density at radius 1 is 1.52 bits per heavy atom. The molecule has 1 aromatic heterocycles. The summed E-state index contributed by atoms with van der Waals surface area (Å²) < 4.78 is 4.95. The summed E-state index contributed by atoms with van der Waals surface area (Å²) in [6, 6.07) is 2.29. The van der Waals surface area contributed by atoms with E-state index >= 15 is 0 Å². The maximum Gasteiger partial charge on any atom is 0.331 e. The maximum absolute atomic E-state index is 11.6. The van der Waals surface area contributed by atoms with E-state index in [0.29, 0.717) is 17.8 Å². The largest absolute Gasteiger partial charge is 0.463 e. The number of nitrogens with zero attached hydrogens (tertiary/aromatic N) is 1. The van der Waals surface area contributed by atoms with Gasteiger partial charge in [0.2, 0.25) is 0 Å². The van der Waals surface area contributed by atoms with Crippen LogP contribution in [0.3, 0.4) is 0 Å². The zero-order valence-corrected chi connectivity index (χ0v) is 13.2. The molecule has 1 aliphatic carbocycles. The van der Waals surface area contributed by atoms with Gasteiger partial charge in [-0.1, -0.05) is 24.4 Å². The lowest BCUT2D eigenvalue weighted by atomic mass is 10.1. The van der Waals surface area contributed by atoms with Gasteiger partial charge in [0.15, 0.2) is 0 Å². The standard InChI is InChI=1S/C16H21ClN2O2/c1-3-21-16(20)8-11(2)13-10-18-15(17)9-14(13)19-12-6-4-5-7-12/h8-10,12H,3-7H2,1-2H3,(H,18,19)/b11-8+. The number of allylic oxidation sites excluding steroid dienone is 1. The first-order valence-corrected chi connectivity index (χ1v) is 7.75. The van der Waals surface area contributed by atoms with Crippen LogP contribution in [0.2, 0.25) is 5.15 Å². The highest BCUT2D eigenvalue weighted by Crippen LogP contribution is 2.29. The Labute approximate surface area is 130 Å². The molecular formula is C16H21ClN2O2.